The molecule has 0 saturated heterocycles. The molecular formula is C13H18O3. The van der Waals surface area contributed by atoms with Gasteiger partial charge in [-0.1, -0.05) is 38.1 Å². The first kappa shape index (κ1) is 12.7. The molecule has 16 heavy (non-hydrogen) atoms. The first-order valence-corrected chi connectivity index (χ1v) is 5.39. The van der Waals surface area contributed by atoms with Gasteiger partial charge in [0.2, 0.25) is 0 Å². The smallest absolute Gasteiger partial charge is 0.333 e. The van der Waals surface area contributed by atoms with E-state index in [1.54, 1.807) is 0 Å². The van der Waals surface area contributed by atoms with E-state index in [1.165, 1.54) is 12.7 Å². The second kappa shape index (κ2) is 5.66. The summed E-state index contributed by atoms with van der Waals surface area (Å²) >= 11 is 0. The Balaban J connectivity index is 2.71. The summed E-state index contributed by atoms with van der Waals surface area (Å²) in [4.78, 5) is 10.8. The van der Waals surface area contributed by atoms with Gasteiger partial charge in [-0.05, 0) is 17.0 Å². The number of carbonyl (C=O) groups is 1. The Morgan fingerprint density at radius 2 is 1.88 bits per heavy atom. The van der Waals surface area contributed by atoms with Gasteiger partial charge in [-0.15, -0.1) is 0 Å². The van der Waals surface area contributed by atoms with Crippen LogP contribution in [-0.2, 0) is 16.0 Å². The summed E-state index contributed by atoms with van der Waals surface area (Å²) in [5.74, 6) is -0.429. The molecule has 0 saturated carbocycles. The highest BCUT2D eigenvalue weighted by atomic mass is 16.5. The first-order chi connectivity index (χ1) is 7.54. The van der Waals surface area contributed by atoms with Gasteiger partial charge in [0.1, 0.15) is 0 Å². The molecule has 1 N–H and O–H groups in total. The molecule has 1 rings (SSSR count). The van der Waals surface area contributed by atoms with Crippen LogP contribution in [0.15, 0.2) is 24.3 Å². The molecule has 0 radical (unpaired) electrons. The third-order valence-corrected chi connectivity index (χ3v) is 2.63. The molecule has 0 fully saturated rings. The number of methoxy groups -OCH3 is 1. The fourth-order valence-electron chi connectivity index (χ4n) is 1.52. The maximum atomic E-state index is 10.8. The minimum absolute atomic E-state index is 0.407. The van der Waals surface area contributed by atoms with E-state index < -0.39 is 12.1 Å². The van der Waals surface area contributed by atoms with Gasteiger partial charge in [-0.2, -0.15) is 0 Å². The number of aliphatic carboxylic acids is 1. The van der Waals surface area contributed by atoms with Crippen LogP contribution in [0.25, 0.3) is 0 Å². The minimum Gasteiger partial charge on any atom is -0.479 e. The second-order valence-electron chi connectivity index (χ2n) is 4.16. The minimum atomic E-state index is -0.921. The third kappa shape index (κ3) is 3.35. The van der Waals surface area contributed by atoms with Gasteiger partial charge < -0.3 is 9.84 Å². The fraction of sp³-hybridized carbons (Fsp3) is 0.462. The summed E-state index contributed by atoms with van der Waals surface area (Å²) in [6, 6.07) is 8.00. The average molecular weight is 222 g/mol. The number of carboxylic acids is 1. The van der Waals surface area contributed by atoms with E-state index in [9.17, 15) is 4.79 Å². The number of benzene rings is 1. The number of ether oxygens (including phenoxy) is 1. The molecule has 0 aromatic heterocycles. The van der Waals surface area contributed by atoms with E-state index in [0.29, 0.717) is 12.3 Å². The van der Waals surface area contributed by atoms with Crippen molar-refractivity contribution in [2.45, 2.75) is 32.3 Å². The Labute approximate surface area is 96.1 Å². The number of carboxylic acid groups (broad SMARTS) is 1. The molecule has 0 unspecified atom stereocenters. The summed E-state index contributed by atoms with van der Waals surface area (Å²) in [6.07, 6.45) is -0.352. The zero-order valence-corrected chi connectivity index (χ0v) is 9.93. The summed E-state index contributed by atoms with van der Waals surface area (Å²) < 4.78 is 4.89. The van der Waals surface area contributed by atoms with E-state index in [1.807, 2.05) is 24.3 Å². The van der Waals surface area contributed by atoms with Crippen LogP contribution >= 0.6 is 0 Å². The third-order valence-electron chi connectivity index (χ3n) is 2.63. The van der Waals surface area contributed by atoms with E-state index in [-0.39, 0.29) is 0 Å². The first-order valence-electron chi connectivity index (χ1n) is 5.39. The van der Waals surface area contributed by atoms with Crippen LogP contribution in [0.5, 0.6) is 0 Å². The lowest BCUT2D eigenvalue weighted by atomic mass is 10.00. The highest BCUT2D eigenvalue weighted by Gasteiger charge is 2.16. The van der Waals surface area contributed by atoms with Crippen LogP contribution in [0.4, 0.5) is 0 Å². The van der Waals surface area contributed by atoms with Crippen LogP contribution in [-0.4, -0.2) is 24.3 Å². The highest BCUT2D eigenvalue weighted by molar-refractivity contribution is 5.72. The largest absolute Gasteiger partial charge is 0.479 e. The van der Waals surface area contributed by atoms with Crippen LogP contribution in [0.3, 0.4) is 0 Å². The predicted octanol–water partition coefficient (Wildman–Crippen LogP) is 2.45. The van der Waals surface area contributed by atoms with Crippen molar-refractivity contribution in [3.63, 3.8) is 0 Å². The topological polar surface area (TPSA) is 46.5 Å². The number of hydrogen-bond acceptors (Lipinski definition) is 2. The van der Waals surface area contributed by atoms with Crippen molar-refractivity contribution < 1.29 is 14.6 Å². The fourth-order valence-corrected chi connectivity index (χ4v) is 1.52. The molecule has 0 spiro atoms. The van der Waals surface area contributed by atoms with Gasteiger partial charge in [0.15, 0.2) is 6.10 Å². The normalized spacial score (nSPS) is 12.8. The van der Waals surface area contributed by atoms with E-state index >= 15 is 0 Å². The van der Waals surface area contributed by atoms with Crippen molar-refractivity contribution in [2.24, 2.45) is 0 Å². The zero-order valence-electron chi connectivity index (χ0n) is 9.93. The SMILES string of the molecule is CO[C@H](Cc1ccc(C(C)C)cc1)C(=O)O. The molecule has 3 heteroatoms. The molecule has 0 aliphatic rings. The van der Waals surface area contributed by atoms with Crippen molar-refractivity contribution in [3.8, 4) is 0 Å². The molecule has 1 aromatic carbocycles. The van der Waals surface area contributed by atoms with Gasteiger partial charge in [0, 0.05) is 13.5 Å². The van der Waals surface area contributed by atoms with Gasteiger partial charge in [-0.3, -0.25) is 0 Å². The monoisotopic (exact) mass is 222 g/mol. The van der Waals surface area contributed by atoms with E-state index in [4.69, 9.17) is 9.84 Å². The lowest BCUT2D eigenvalue weighted by molar-refractivity contribution is -0.148. The van der Waals surface area contributed by atoms with Crippen molar-refractivity contribution in [1.82, 2.24) is 0 Å². The van der Waals surface area contributed by atoms with Crippen LogP contribution in [0, 0.1) is 0 Å². The van der Waals surface area contributed by atoms with Crippen LogP contribution in [0.1, 0.15) is 30.9 Å². The van der Waals surface area contributed by atoms with Crippen molar-refractivity contribution in [2.75, 3.05) is 7.11 Å². The Kier molecular flexibility index (Phi) is 4.50. The van der Waals surface area contributed by atoms with E-state index in [0.717, 1.165) is 5.56 Å². The molecule has 88 valence electrons. The summed E-state index contributed by atoms with van der Waals surface area (Å²) in [5, 5.41) is 8.85. The summed E-state index contributed by atoms with van der Waals surface area (Å²) in [7, 11) is 1.42. The molecule has 0 heterocycles. The Morgan fingerprint density at radius 3 is 2.25 bits per heavy atom. The van der Waals surface area contributed by atoms with Crippen LogP contribution in [0.2, 0.25) is 0 Å². The summed E-state index contributed by atoms with van der Waals surface area (Å²) in [6.45, 7) is 4.26. The molecule has 0 bridgehead atoms. The van der Waals surface area contributed by atoms with Gasteiger partial charge in [-0.25, -0.2) is 4.79 Å². The van der Waals surface area contributed by atoms with Crippen molar-refractivity contribution in [1.29, 1.82) is 0 Å². The standard InChI is InChI=1S/C13H18O3/c1-9(2)11-6-4-10(5-7-11)8-12(16-3)13(14)15/h4-7,9,12H,8H2,1-3H3,(H,14,15)/t12-/m1/s1. The maximum Gasteiger partial charge on any atom is 0.333 e. The van der Waals surface area contributed by atoms with Gasteiger partial charge in [0.05, 0.1) is 0 Å². The molecule has 1 aromatic rings. The molecule has 0 aliphatic heterocycles. The second-order valence-corrected chi connectivity index (χ2v) is 4.16. The maximum absolute atomic E-state index is 10.8. The Hall–Kier alpha value is -1.35. The molecule has 1 atom stereocenters. The van der Waals surface area contributed by atoms with Crippen molar-refractivity contribution in [3.05, 3.63) is 35.4 Å². The number of rotatable bonds is 5. The van der Waals surface area contributed by atoms with Crippen molar-refractivity contribution >= 4 is 5.97 Å². The molecule has 3 nitrogen and oxygen atoms in total. The zero-order chi connectivity index (χ0) is 12.1. The van der Waals surface area contributed by atoms with Gasteiger partial charge >= 0.3 is 5.97 Å². The lowest BCUT2D eigenvalue weighted by Crippen LogP contribution is -2.24. The lowest BCUT2D eigenvalue weighted by Gasteiger charge is -2.11. The Morgan fingerprint density at radius 1 is 1.31 bits per heavy atom. The van der Waals surface area contributed by atoms with E-state index in [2.05, 4.69) is 13.8 Å². The quantitative estimate of drug-likeness (QED) is 0.832. The van der Waals surface area contributed by atoms with Crippen LogP contribution < -0.4 is 0 Å². The number of hydrogen-bond donors (Lipinski definition) is 1. The molecular weight excluding hydrogens is 204 g/mol. The average Bonchev–Trinajstić information content (AvgIpc) is 2.26. The van der Waals surface area contributed by atoms with Gasteiger partial charge in [0.25, 0.3) is 0 Å². The molecule has 0 amide bonds. The highest BCUT2D eigenvalue weighted by Crippen LogP contribution is 2.15. The predicted molar refractivity (Wildman–Crippen MR) is 62.7 cm³/mol. The Bertz CT molecular complexity index is 341. The summed E-state index contributed by atoms with van der Waals surface area (Å²) in [5.41, 5.74) is 2.24. The molecule has 0 aliphatic carbocycles.